The third-order valence-corrected chi connectivity index (χ3v) is 4.96. The summed E-state index contributed by atoms with van der Waals surface area (Å²) in [5.74, 6) is -0.00172. The first-order valence-electron chi connectivity index (χ1n) is 5.83. The zero-order valence-electron chi connectivity index (χ0n) is 10.6. The smallest absolute Gasteiger partial charge is 0.262 e. The van der Waals surface area contributed by atoms with Crippen molar-refractivity contribution in [1.82, 2.24) is 9.55 Å². The Morgan fingerprint density at radius 2 is 2.00 bits per heavy atom. The second-order valence-electron chi connectivity index (χ2n) is 4.01. The molecule has 0 atom stereocenters. The van der Waals surface area contributed by atoms with Gasteiger partial charge in [-0.15, -0.1) is 0 Å². The van der Waals surface area contributed by atoms with Gasteiger partial charge in [-0.25, -0.2) is 13.4 Å². The van der Waals surface area contributed by atoms with Crippen LogP contribution in [0.5, 0.6) is 0 Å². The van der Waals surface area contributed by atoms with E-state index in [1.54, 1.807) is 13.8 Å². The second kappa shape index (κ2) is 4.94. The van der Waals surface area contributed by atoms with E-state index in [-0.39, 0.29) is 21.5 Å². The van der Waals surface area contributed by atoms with Crippen molar-refractivity contribution >= 4 is 32.3 Å². The molecule has 0 N–H and O–H groups in total. The van der Waals surface area contributed by atoms with Crippen LogP contribution in [0.2, 0.25) is 5.28 Å². The molecule has 1 aromatic heterocycles. The van der Waals surface area contributed by atoms with Crippen molar-refractivity contribution < 1.29 is 8.42 Å². The number of sulfone groups is 1. The van der Waals surface area contributed by atoms with Gasteiger partial charge >= 0.3 is 0 Å². The molecule has 0 saturated heterocycles. The zero-order valence-corrected chi connectivity index (χ0v) is 12.1. The van der Waals surface area contributed by atoms with Crippen LogP contribution in [-0.2, 0) is 16.4 Å². The SMILES string of the molecule is CCn1c(Cl)nc2cc(S(=O)(=O)CC)ccc2c1=O. The van der Waals surface area contributed by atoms with Crippen molar-refractivity contribution in [3.8, 4) is 0 Å². The van der Waals surface area contributed by atoms with E-state index in [0.717, 1.165) is 0 Å². The quantitative estimate of drug-likeness (QED) is 0.811. The highest BCUT2D eigenvalue weighted by atomic mass is 35.5. The molecule has 0 saturated carbocycles. The molecule has 0 bridgehead atoms. The van der Waals surface area contributed by atoms with Crippen LogP contribution in [0.1, 0.15) is 13.8 Å². The van der Waals surface area contributed by atoms with Crippen LogP contribution in [0, 0.1) is 0 Å². The molecule has 0 aliphatic carbocycles. The van der Waals surface area contributed by atoms with Gasteiger partial charge in [-0.05, 0) is 36.7 Å². The van der Waals surface area contributed by atoms with E-state index < -0.39 is 9.84 Å². The van der Waals surface area contributed by atoms with Crippen molar-refractivity contribution in [2.75, 3.05) is 5.75 Å². The van der Waals surface area contributed by atoms with E-state index in [2.05, 4.69) is 4.98 Å². The molecule has 0 radical (unpaired) electrons. The summed E-state index contributed by atoms with van der Waals surface area (Å²) in [5, 5.41) is 0.423. The number of halogens is 1. The summed E-state index contributed by atoms with van der Waals surface area (Å²) in [6.07, 6.45) is 0. The molecule has 7 heteroatoms. The summed E-state index contributed by atoms with van der Waals surface area (Å²) >= 11 is 5.91. The predicted molar refractivity (Wildman–Crippen MR) is 74.4 cm³/mol. The third kappa shape index (κ3) is 2.37. The number of hydrogen-bond donors (Lipinski definition) is 0. The van der Waals surface area contributed by atoms with Gasteiger partial charge in [0.05, 0.1) is 21.6 Å². The number of nitrogens with zero attached hydrogens (tertiary/aromatic N) is 2. The van der Waals surface area contributed by atoms with Crippen molar-refractivity contribution in [1.29, 1.82) is 0 Å². The molecule has 102 valence electrons. The van der Waals surface area contributed by atoms with Crippen molar-refractivity contribution in [3.05, 3.63) is 33.8 Å². The van der Waals surface area contributed by atoms with Crippen LogP contribution >= 0.6 is 11.6 Å². The number of aromatic nitrogens is 2. The number of fused-ring (bicyclic) bond motifs is 1. The fourth-order valence-electron chi connectivity index (χ4n) is 1.81. The largest absolute Gasteiger partial charge is 0.283 e. The minimum atomic E-state index is -3.32. The Kier molecular flexibility index (Phi) is 3.64. The van der Waals surface area contributed by atoms with Gasteiger partial charge in [-0.1, -0.05) is 6.92 Å². The molecule has 0 aliphatic rings. The van der Waals surface area contributed by atoms with Crippen LogP contribution in [0.4, 0.5) is 0 Å². The van der Waals surface area contributed by atoms with E-state index in [4.69, 9.17) is 11.6 Å². The summed E-state index contributed by atoms with van der Waals surface area (Å²) < 4.78 is 24.9. The average molecular weight is 301 g/mol. The third-order valence-electron chi connectivity index (χ3n) is 2.94. The second-order valence-corrected chi connectivity index (χ2v) is 6.63. The van der Waals surface area contributed by atoms with Gasteiger partial charge in [0.15, 0.2) is 9.84 Å². The summed E-state index contributed by atoms with van der Waals surface area (Å²) in [7, 11) is -3.32. The Morgan fingerprint density at radius 1 is 1.32 bits per heavy atom. The topological polar surface area (TPSA) is 69.0 Å². The first-order chi connectivity index (χ1) is 8.90. The van der Waals surface area contributed by atoms with Crippen LogP contribution in [-0.4, -0.2) is 23.7 Å². The number of benzene rings is 1. The van der Waals surface area contributed by atoms with Gasteiger partial charge in [0, 0.05) is 6.54 Å². The maximum atomic E-state index is 12.1. The first kappa shape index (κ1) is 14.0. The van der Waals surface area contributed by atoms with Crippen LogP contribution in [0.3, 0.4) is 0 Å². The highest BCUT2D eigenvalue weighted by Gasteiger charge is 2.14. The summed E-state index contributed by atoms with van der Waals surface area (Å²) in [6, 6.07) is 4.30. The normalized spacial score (nSPS) is 11.9. The number of hydrogen-bond acceptors (Lipinski definition) is 4. The molecule has 0 aliphatic heterocycles. The van der Waals surface area contributed by atoms with Gasteiger partial charge in [-0.2, -0.15) is 0 Å². The molecule has 19 heavy (non-hydrogen) atoms. The average Bonchev–Trinajstić information content (AvgIpc) is 2.38. The van der Waals surface area contributed by atoms with Crippen LogP contribution in [0.25, 0.3) is 10.9 Å². The number of rotatable bonds is 3. The Hall–Kier alpha value is -1.40. The van der Waals surface area contributed by atoms with Gasteiger partial charge in [0.2, 0.25) is 5.28 Å². The molecule has 5 nitrogen and oxygen atoms in total. The van der Waals surface area contributed by atoms with E-state index >= 15 is 0 Å². The van der Waals surface area contributed by atoms with Gasteiger partial charge in [0.1, 0.15) is 0 Å². The first-order valence-corrected chi connectivity index (χ1v) is 7.86. The maximum Gasteiger partial charge on any atom is 0.262 e. The summed E-state index contributed by atoms with van der Waals surface area (Å²) in [4.78, 5) is 16.3. The molecule has 1 aromatic carbocycles. The highest BCUT2D eigenvalue weighted by Crippen LogP contribution is 2.18. The van der Waals surface area contributed by atoms with Crippen molar-refractivity contribution in [2.24, 2.45) is 0 Å². The van der Waals surface area contributed by atoms with E-state index in [9.17, 15) is 13.2 Å². The Morgan fingerprint density at radius 3 is 2.58 bits per heavy atom. The molecule has 0 unspecified atom stereocenters. The Labute approximate surface area is 115 Å². The molecule has 1 heterocycles. The molecule has 2 rings (SSSR count). The summed E-state index contributed by atoms with van der Waals surface area (Å²) in [5.41, 5.74) is 0.0344. The van der Waals surface area contributed by atoms with Gasteiger partial charge in [-0.3, -0.25) is 9.36 Å². The van der Waals surface area contributed by atoms with Gasteiger partial charge in [0.25, 0.3) is 5.56 Å². The van der Waals surface area contributed by atoms with E-state index in [1.165, 1.54) is 22.8 Å². The Bertz CT molecular complexity index is 796. The lowest BCUT2D eigenvalue weighted by Gasteiger charge is -2.07. The lowest BCUT2D eigenvalue weighted by molar-refractivity contribution is 0.597. The Balaban J connectivity index is 2.80. The molecule has 0 amide bonds. The monoisotopic (exact) mass is 300 g/mol. The fraction of sp³-hybridized carbons (Fsp3) is 0.333. The standard InChI is InChI=1S/C12H13ClN2O3S/c1-3-15-11(16)9-6-5-8(19(17,18)4-2)7-10(9)14-12(15)13/h5-7H,3-4H2,1-2H3. The lowest BCUT2D eigenvalue weighted by atomic mass is 10.2. The molecular formula is C12H13ClN2O3S. The lowest BCUT2D eigenvalue weighted by Crippen LogP contribution is -2.21. The van der Waals surface area contributed by atoms with Crippen LogP contribution < -0.4 is 5.56 Å². The van der Waals surface area contributed by atoms with E-state index in [0.29, 0.717) is 17.4 Å². The van der Waals surface area contributed by atoms with Crippen molar-refractivity contribution in [2.45, 2.75) is 25.3 Å². The predicted octanol–water partition coefficient (Wildman–Crippen LogP) is 1.86. The molecule has 0 fully saturated rings. The molecule has 0 spiro atoms. The maximum absolute atomic E-state index is 12.1. The summed E-state index contributed by atoms with van der Waals surface area (Å²) in [6.45, 7) is 3.77. The fourth-order valence-corrected chi connectivity index (χ4v) is 3.00. The minimum Gasteiger partial charge on any atom is -0.283 e. The zero-order chi connectivity index (χ0) is 14.2. The van der Waals surface area contributed by atoms with Crippen molar-refractivity contribution in [3.63, 3.8) is 0 Å². The van der Waals surface area contributed by atoms with Gasteiger partial charge < -0.3 is 0 Å². The van der Waals surface area contributed by atoms with Crippen LogP contribution in [0.15, 0.2) is 27.9 Å². The van der Waals surface area contributed by atoms with E-state index in [1.807, 2.05) is 0 Å². The molecule has 2 aromatic rings. The highest BCUT2D eigenvalue weighted by molar-refractivity contribution is 7.91. The minimum absolute atomic E-state index is 0.00172. The molecular weight excluding hydrogens is 288 g/mol.